The van der Waals surface area contributed by atoms with E-state index in [4.69, 9.17) is 0 Å². The largest absolute Gasteiger partial charge is 0.385 e. The number of aliphatic hydroxyl groups is 1. The van der Waals surface area contributed by atoms with Crippen molar-refractivity contribution >= 4 is 5.91 Å². The third-order valence-electron chi connectivity index (χ3n) is 5.24. The fourth-order valence-electron chi connectivity index (χ4n) is 3.61. The molecule has 0 saturated carbocycles. The molecule has 2 aromatic rings. The van der Waals surface area contributed by atoms with Gasteiger partial charge in [0.05, 0.1) is 5.60 Å². The molecule has 1 atom stereocenters. The van der Waals surface area contributed by atoms with Gasteiger partial charge in [-0.1, -0.05) is 35.9 Å². The summed E-state index contributed by atoms with van der Waals surface area (Å²) >= 11 is 0. The van der Waals surface area contributed by atoms with Crippen LogP contribution in [0, 0.1) is 6.92 Å². The number of likely N-dealkylation sites (N-methyl/N-ethyl adjacent to an activating group) is 1. The van der Waals surface area contributed by atoms with Gasteiger partial charge in [0, 0.05) is 31.0 Å². The van der Waals surface area contributed by atoms with Crippen molar-refractivity contribution in [3.63, 3.8) is 0 Å². The van der Waals surface area contributed by atoms with Crippen LogP contribution in [-0.4, -0.2) is 53.0 Å². The number of likely N-dealkylation sites (tertiary alicyclic amines) is 1. The maximum atomic E-state index is 13.2. The second-order valence-corrected chi connectivity index (χ2v) is 7.38. The lowest BCUT2D eigenvalue weighted by molar-refractivity contribution is -0.141. The number of hydrogen-bond acceptors (Lipinski definition) is 4. The van der Waals surface area contributed by atoms with E-state index in [1.54, 1.807) is 12.4 Å². The normalized spacial score (nSPS) is 18.0. The molecule has 1 N–H and O–H groups in total. The van der Waals surface area contributed by atoms with Gasteiger partial charge in [-0.3, -0.25) is 14.7 Å². The van der Waals surface area contributed by atoms with Crippen LogP contribution in [0.3, 0.4) is 0 Å². The zero-order valence-corrected chi connectivity index (χ0v) is 15.7. The number of benzene rings is 1. The van der Waals surface area contributed by atoms with E-state index in [0.717, 1.165) is 11.1 Å². The molecular formula is C21H27N3O2. The minimum atomic E-state index is -0.900. The van der Waals surface area contributed by atoms with E-state index in [9.17, 15) is 9.90 Å². The lowest BCUT2D eigenvalue weighted by Gasteiger charge is -2.40. The molecule has 2 heterocycles. The van der Waals surface area contributed by atoms with E-state index in [2.05, 4.69) is 4.98 Å². The van der Waals surface area contributed by atoms with Crippen molar-refractivity contribution in [3.05, 3.63) is 65.5 Å². The number of piperidine rings is 1. The van der Waals surface area contributed by atoms with Gasteiger partial charge < -0.3 is 10.0 Å². The van der Waals surface area contributed by atoms with Gasteiger partial charge in [0.2, 0.25) is 5.91 Å². The first-order valence-electron chi connectivity index (χ1n) is 9.05. The summed E-state index contributed by atoms with van der Waals surface area (Å²) in [6.07, 6.45) is 4.47. The summed E-state index contributed by atoms with van der Waals surface area (Å²) in [5.41, 5.74) is 2.11. The lowest BCUT2D eigenvalue weighted by Crippen LogP contribution is -2.48. The van der Waals surface area contributed by atoms with E-state index in [1.807, 2.05) is 67.2 Å². The van der Waals surface area contributed by atoms with Crippen molar-refractivity contribution in [2.24, 2.45) is 0 Å². The molecule has 1 saturated heterocycles. The molecule has 1 aromatic heterocycles. The van der Waals surface area contributed by atoms with Crippen LogP contribution in [0.25, 0.3) is 0 Å². The number of nitrogens with zero attached hydrogens (tertiary/aromatic N) is 3. The molecule has 0 bridgehead atoms. The SMILES string of the molecule is Cc1ccc([C@H](C(=O)N2CCC(O)(c3cccnc3)CC2)N(C)C)cc1. The maximum Gasteiger partial charge on any atom is 0.244 e. The summed E-state index contributed by atoms with van der Waals surface area (Å²) < 4.78 is 0. The molecule has 0 aliphatic carbocycles. The molecule has 5 heteroatoms. The van der Waals surface area contributed by atoms with Crippen molar-refractivity contribution in [1.29, 1.82) is 0 Å². The Hall–Kier alpha value is -2.24. The van der Waals surface area contributed by atoms with Crippen molar-refractivity contribution in [2.45, 2.75) is 31.4 Å². The highest BCUT2D eigenvalue weighted by Crippen LogP contribution is 2.33. The standard InChI is InChI=1S/C21H27N3O2/c1-16-6-8-17(9-7-16)19(23(2)3)20(25)24-13-10-21(26,11-14-24)18-5-4-12-22-15-18/h4-9,12,15,19,26H,10-11,13-14H2,1-3H3/t19-/m1/s1. The lowest BCUT2D eigenvalue weighted by atomic mass is 9.85. The summed E-state index contributed by atoms with van der Waals surface area (Å²) in [4.78, 5) is 21.1. The van der Waals surface area contributed by atoms with Crippen LogP contribution in [0.5, 0.6) is 0 Å². The number of rotatable bonds is 4. The Labute approximate surface area is 155 Å². The van der Waals surface area contributed by atoms with Gasteiger partial charge in [-0.05, 0) is 45.5 Å². The second kappa shape index (κ2) is 7.56. The van der Waals surface area contributed by atoms with Crippen LogP contribution in [0.4, 0.5) is 0 Å². The van der Waals surface area contributed by atoms with Gasteiger partial charge in [-0.15, -0.1) is 0 Å². The number of carbonyl (C=O) groups is 1. The fraction of sp³-hybridized carbons (Fsp3) is 0.429. The highest BCUT2D eigenvalue weighted by molar-refractivity contribution is 5.83. The molecule has 138 valence electrons. The minimum Gasteiger partial charge on any atom is -0.385 e. The molecule has 0 spiro atoms. The van der Waals surface area contributed by atoms with Crippen LogP contribution in [0.2, 0.25) is 0 Å². The first-order chi connectivity index (χ1) is 12.4. The van der Waals surface area contributed by atoms with Crippen molar-refractivity contribution in [3.8, 4) is 0 Å². The predicted molar refractivity (Wildman–Crippen MR) is 102 cm³/mol. The van der Waals surface area contributed by atoms with Crippen LogP contribution < -0.4 is 0 Å². The average molecular weight is 353 g/mol. The van der Waals surface area contributed by atoms with Crippen molar-refractivity contribution in [1.82, 2.24) is 14.8 Å². The van der Waals surface area contributed by atoms with Gasteiger partial charge >= 0.3 is 0 Å². The quantitative estimate of drug-likeness (QED) is 0.918. The van der Waals surface area contributed by atoms with Crippen molar-refractivity contribution < 1.29 is 9.90 Å². The summed E-state index contributed by atoms with van der Waals surface area (Å²) in [6.45, 7) is 3.13. The molecule has 0 unspecified atom stereocenters. The highest BCUT2D eigenvalue weighted by atomic mass is 16.3. The number of aromatic nitrogens is 1. The minimum absolute atomic E-state index is 0.0899. The second-order valence-electron chi connectivity index (χ2n) is 7.38. The number of carbonyl (C=O) groups excluding carboxylic acids is 1. The van der Waals surface area contributed by atoms with E-state index < -0.39 is 5.60 Å². The molecule has 1 fully saturated rings. The molecule has 1 aliphatic rings. The third kappa shape index (κ3) is 3.79. The summed E-state index contributed by atoms with van der Waals surface area (Å²) in [5.74, 6) is 0.0899. The third-order valence-corrected chi connectivity index (χ3v) is 5.24. The zero-order chi connectivity index (χ0) is 18.7. The number of aryl methyl sites for hydroxylation is 1. The summed E-state index contributed by atoms with van der Waals surface area (Å²) in [5, 5.41) is 10.9. The molecule has 5 nitrogen and oxygen atoms in total. The smallest absolute Gasteiger partial charge is 0.244 e. The van der Waals surface area contributed by atoms with E-state index >= 15 is 0 Å². The number of amides is 1. The zero-order valence-electron chi connectivity index (χ0n) is 15.7. The summed E-state index contributed by atoms with van der Waals surface area (Å²) in [6, 6.07) is 11.6. The van der Waals surface area contributed by atoms with Crippen LogP contribution in [0.1, 0.15) is 35.6 Å². The van der Waals surface area contributed by atoms with Gasteiger partial charge in [0.25, 0.3) is 0 Å². The van der Waals surface area contributed by atoms with E-state index in [0.29, 0.717) is 25.9 Å². The number of hydrogen-bond donors (Lipinski definition) is 1. The predicted octanol–water partition coefficient (Wildman–Crippen LogP) is 2.50. The van der Waals surface area contributed by atoms with Gasteiger partial charge in [0.1, 0.15) is 6.04 Å². The van der Waals surface area contributed by atoms with Crippen LogP contribution in [-0.2, 0) is 10.4 Å². The Morgan fingerprint density at radius 3 is 2.38 bits per heavy atom. The first kappa shape index (κ1) is 18.5. The molecule has 1 aliphatic heterocycles. The molecule has 26 heavy (non-hydrogen) atoms. The molecule has 3 rings (SSSR count). The Bertz CT molecular complexity index is 736. The molecular weight excluding hydrogens is 326 g/mol. The summed E-state index contributed by atoms with van der Waals surface area (Å²) in [7, 11) is 3.86. The molecule has 1 aromatic carbocycles. The fourth-order valence-corrected chi connectivity index (χ4v) is 3.61. The first-order valence-corrected chi connectivity index (χ1v) is 9.05. The average Bonchev–Trinajstić information content (AvgIpc) is 2.64. The molecule has 1 amide bonds. The van der Waals surface area contributed by atoms with Gasteiger partial charge in [-0.25, -0.2) is 0 Å². The van der Waals surface area contributed by atoms with E-state index in [1.165, 1.54) is 5.56 Å². The van der Waals surface area contributed by atoms with Gasteiger partial charge in [0.15, 0.2) is 0 Å². The van der Waals surface area contributed by atoms with E-state index in [-0.39, 0.29) is 11.9 Å². The molecule has 0 radical (unpaired) electrons. The van der Waals surface area contributed by atoms with Gasteiger partial charge in [-0.2, -0.15) is 0 Å². The highest BCUT2D eigenvalue weighted by Gasteiger charge is 2.37. The maximum absolute atomic E-state index is 13.2. The Kier molecular flexibility index (Phi) is 5.39. The Morgan fingerprint density at radius 1 is 1.19 bits per heavy atom. The topological polar surface area (TPSA) is 56.7 Å². The number of pyridine rings is 1. The van der Waals surface area contributed by atoms with Crippen molar-refractivity contribution in [2.75, 3.05) is 27.2 Å². The monoisotopic (exact) mass is 353 g/mol. The van der Waals surface area contributed by atoms with Crippen LogP contribution in [0.15, 0.2) is 48.8 Å². The Balaban J connectivity index is 1.73. The Morgan fingerprint density at radius 2 is 1.85 bits per heavy atom. The van der Waals surface area contributed by atoms with Crippen LogP contribution >= 0.6 is 0 Å².